The summed E-state index contributed by atoms with van der Waals surface area (Å²) in [4.78, 5) is 12.6. The average Bonchev–Trinajstić information content (AvgIpc) is 3.05. The maximum atomic E-state index is 12.6. The minimum atomic E-state index is -0.000304. The van der Waals surface area contributed by atoms with Crippen molar-refractivity contribution in [2.75, 3.05) is 5.75 Å². The van der Waals surface area contributed by atoms with Gasteiger partial charge in [0, 0.05) is 23.9 Å². The van der Waals surface area contributed by atoms with Crippen LogP contribution >= 0.6 is 11.8 Å². The van der Waals surface area contributed by atoms with E-state index in [1.807, 2.05) is 31.2 Å². The molecule has 0 aliphatic carbocycles. The van der Waals surface area contributed by atoms with E-state index >= 15 is 0 Å². The summed E-state index contributed by atoms with van der Waals surface area (Å²) in [6.45, 7) is 2.88. The number of hydrogen-bond donors (Lipinski definition) is 0. The van der Waals surface area contributed by atoms with Crippen LogP contribution < -0.4 is 0 Å². The van der Waals surface area contributed by atoms with Gasteiger partial charge < -0.3 is 8.98 Å². The summed E-state index contributed by atoms with van der Waals surface area (Å²) in [5.74, 6) is 1.82. The fourth-order valence-corrected chi connectivity index (χ4v) is 4.04. The first-order valence-corrected chi connectivity index (χ1v) is 9.29. The fourth-order valence-electron chi connectivity index (χ4n) is 3.20. The Labute approximate surface area is 144 Å². The van der Waals surface area contributed by atoms with Gasteiger partial charge in [-0.15, -0.1) is 10.2 Å². The molecule has 0 fully saturated rings. The predicted molar refractivity (Wildman–Crippen MR) is 93.6 cm³/mol. The van der Waals surface area contributed by atoms with E-state index in [0.717, 1.165) is 46.9 Å². The summed E-state index contributed by atoms with van der Waals surface area (Å²) in [6, 6.07) is 7.75. The molecule has 6 heteroatoms. The Morgan fingerprint density at radius 3 is 3.00 bits per heavy atom. The second-order valence-corrected chi connectivity index (χ2v) is 7.07. The Morgan fingerprint density at radius 2 is 2.12 bits per heavy atom. The standard InChI is InChI=1S/C18H19N3O2S/c1-12-13-7-4-5-8-15(13)23-17(12)14(22)11-24-18-20-19-16-9-3-2-6-10-21(16)18/h4-5,7-8H,2-3,6,9-11H2,1H3. The molecule has 0 bridgehead atoms. The number of Topliss-reactive ketones (excluding diaryl/α,β-unsaturated/α-hetero) is 1. The average molecular weight is 341 g/mol. The van der Waals surface area contributed by atoms with Crippen LogP contribution in [0.25, 0.3) is 11.0 Å². The highest BCUT2D eigenvalue weighted by Gasteiger charge is 2.20. The van der Waals surface area contributed by atoms with Gasteiger partial charge in [-0.3, -0.25) is 4.79 Å². The van der Waals surface area contributed by atoms with Crippen molar-refractivity contribution in [2.45, 2.75) is 44.3 Å². The first-order valence-electron chi connectivity index (χ1n) is 8.30. The summed E-state index contributed by atoms with van der Waals surface area (Å²) < 4.78 is 7.92. The van der Waals surface area contributed by atoms with Gasteiger partial charge in [-0.05, 0) is 25.8 Å². The predicted octanol–water partition coefficient (Wildman–Crippen LogP) is 4.03. The second-order valence-electron chi connectivity index (χ2n) is 6.13. The van der Waals surface area contributed by atoms with Gasteiger partial charge in [0.25, 0.3) is 0 Å². The van der Waals surface area contributed by atoms with Gasteiger partial charge in [-0.1, -0.05) is 36.4 Å². The zero-order valence-corrected chi connectivity index (χ0v) is 14.4. The van der Waals surface area contributed by atoms with Crippen LogP contribution in [0, 0.1) is 6.92 Å². The molecule has 0 radical (unpaired) electrons. The van der Waals surface area contributed by atoms with Crippen LogP contribution in [-0.4, -0.2) is 26.3 Å². The Kier molecular flexibility index (Phi) is 4.14. The number of carbonyl (C=O) groups is 1. The molecule has 0 saturated heterocycles. The number of para-hydroxylation sites is 1. The molecule has 2 aromatic heterocycles. The van der Waals surface area contributed by atoms with Crippen molar-refractivity contribution in [3.8, 4) is 0 Å². The van der Waals surface area contributed by atoms with Gasteiger partial charge in [0.05, 0.1) is 5.75 Å². The zero-order chi connectivity index (χ0) is 16.5. The smallest absolute Gasteiger partial charge is 0.208 e. The van der Waals surface area contributed by atoms with Crippen molar-refractivity contribution >= 4 is 28.5 Å². The van der Waals surface area contributed by atoms with Crippen molar-refractivity contribution in [2.24, 2.45) is 0 Å². The van der Waals surface area contributed by atoms with E-state index in [2.05, 4.69) is 14.8 Å². The summed E-state index contributed by atoms with van der Waals surface area (Å²) in [5.41, 5.74) is 1.68. The van der Waals surface area contributed by atoms with Crippen LogP contribution in [0.2, 0.25) is 0 Å². The normalized spacial score (nSPS) is 14.5. The lowest BCUT2D eigenvalue weighted by Crippen LogP contribution is -2.06. The third-order valence-corrected chi connectivity index (χ3v) is 5.47. The number of furan rings is 1. The van der Waals surface area contributed by atoms with Crippen LogP contribution in [0.3, 0.4) is 0 Å². The molecule has 0 amide bonds. The number of fused-ring (bicyclic) bond motifs is 2. The van der Waals surface area contributed by atoms with Gasteiger partial charge in [-0.25, -0.2) is 0 Å². The molecule has 0 N–H and O–H groups in total. The molecule has 1 aliphatic heterocycles. The molecule has 3 aromatic rings. The first kappa shape index (κ1) is 15.4. The molecular formula is C18H19N3O2S. The molecule has 0 unspecified atom stereocenters. The third kappa shape index (κ3) is 2.75. The van der Waals surface area contributed by atoms with E-state index < -0.39 is 0 Å². The van der Waals surface area contributed by atoms with E-state index in [-0.39, 0.29) is 5.78 Å². The first-order chi connectivity index (χ1) is 11.7. The summed E-state index contributed by atoms with van der Waals surface area (Å²) in [7, 11) is 0. The molecule has 3 heterocycles. The Hall–Kier alpha value is -2.08. The SMILES string of the molecule is Cc1c(C(=O)CSc2nnc3n2CCCCC3)oc2ccccc12. The van der Waals surface area contributed by atoms with Gasteiger partial charge in [0.15, 0.2) is 10.9 Å². The highest BCUT2D eigenvalue weighted by Crippen LogP contribution is 2.27. The van der Waals surface area contributed by atoms with Crippen molar-refractivity contribution < 1.29 is 9.21 Å². The van der Waals surface area contributed by atoms with E-state index in [1.54, 1.807) is 0 Å². The monoisotopic (exact) mass is 341 g/mol. The number of benzene rings is 1. The van der Waals surface area contributed by atoms with Crippen molar-refractivity contribution in [3.05, 3.63) is 41.4 Å². The minimum absolute atomic E-state index is 0.000304. The van der Waals surface area contributed by atoms with Crippen LogP contribution in [-0.2, 0) is 13.0 Å². The van der Waals surface area contributed by atoms with Crippen molar-refractivity contribution in [1.29, 1.82) is 0 Å². The summed E-state index contributed by atoms with van der Waals surface area (Å²) >= 11 is 1.45. The van der Waals surface area contributed by atoms with E-state index in [0.29, 0.717) is 11.5 Å². The maximum Gasteiger partial charge on any atom is 0.208 e. The van der Waals surface area contributed by atoms with Gasteiger partial charge in [0.2, 0.25) is 5.78 Å². The lowest BCUT2D eigenvalue weighted by molar-refractivity contribution is 0.0993. The maximum absolute atomic E-state index is 12.6. The number of hydrogen-bond acceptors (Lipinski definition) is 5. The van der Waals surface area contributed by atoms with Gasteiger partial charge in [-0.2, -0.15) is 0 Å². The summed E-state index contributed by atoms with van der Waals surface area (Å²) in [5, 5.41) is 10.4. The van der Waals surface area contributed by atoms with Crippen molar-refractivity contribution in [1.82, 2.24) is 14.8 Å². The van der Waals surface area contributed by atoms with Crippen LogP contribution in [0.15, 0.2) is 33.8 Å². The molecule has 124 valence electrons. The largest absolute Gasteiger partial charge is 0.453 e. The van der Waals surface area contributed by atoms with Crippen LogP contribution in [0.5, 0.6) is 0 Å². The fraction of sp³-hybridized carbons (Fsp3) is 0.389. The summed E-state index contributed by atoms with van der Waals surface area (Å²) in [6.07, 6.45) is 4.52. The number of thioether (sulfide) groups is 1. The van der Waals surface area contributed by atoms with E-state index in [1.165, 1.54) is 24.6 Å². The van der Waals surface area contributed by atoms with E-state index in [9.17, 15) is 4.79 Å². The van der Waals surface area contributed by atoms with E-state index in [4.69, 9.17) is 4.42 Å². The number of aromatic nitrogens is 3. The molecule has 1 aliphatic rings. The molecule has 0 atom stereocenters. The number of nitrogens with zero attached hydrogens (tertiary/aromatic N) is 3. The number of carbonyl (C=O) groups excluding carboxylic acids is 1. The minimum Gasteiger partial charge on any atom is -0.453 e. The topological polar surface area (TPSA) is 60.9 Å². The lowest BCUT2D eigenvalue weighted by Gasteiger charge is -2.05. The number of ketones is 1. The number of rotatable bonds is 4. The van der Waals surface area contributed by atoms with Crippen LogP contribution in [0.1, 0.15) is 41.2 Å². The molecule has 5 nitrogen and oxygen atoms in total. The van der Waals surface area contributed by atoms with Crippen molar-refractivity contribution in [3.63, 3.8) is 0 Å². The highest BCUT2D eigenvalue weighted by molar-refractivity contribution is 7.99. The molecule has 0 spiro atoms. The van der Waals surface area contributed by atoms with Gasteiger partial charge >= 0.3 is 0 Å². The molecule has 4 rings (SSSR count). The highest BCUT2D eigenvalue weighted by atomic mass is 32.2. The van der Waals surface area contributed by atoms with Crippen LogP contribution in [0.4, 0.5) is 0 Å². The lowest BCUT2D eigenvalue weighted by atomic mass is 10.1. The third-order valence-electron chi connectivity index (χ3n) is 4.50. The Balaban J connectivity index is 1.52. The molecule has 0 saturated carbocycles. The Bertz CT molecular complexity index is 897. The zero-order valence-electron chi connectivity index (χ0n) is 13.6. The second kappa shape index (κ2) is 6.43. The van der Waals surface area contributed by atoms with Gasteiger partial charge in [0.1, 0.15) is 11.4 Å². The molecule has 24 heavy (non-hydrogen) atoms. The number of aryl methyl sites for hydroxylation is 2. The molecule has 1 aromatic carbocycles. The Morgan fingerprint density at radius 1 is 1.25 bits per heavy atom. The quantitative estimate of drug-likeness (QED) is 0.529. The molecular weight excluding hydrogens is 322 g/mol.